The summed E-state index contributed by atoms with van der Waals surface area (Å²) in [5.74, 6) is 0.444. The molecule has 3 fully saturated rings. The first kappa shape index (κ1) is 21.7. The van der Waals surface area contributed by atoms with E-state index in [1.54, 1.807) is 12.3 Å². The van der Waals surface area contributed by atoms with Crippen molar-refractivity contribution in [1.82, 2.24) is 19.6 Å². The van der Waals surface area contributed by atoms with Gasteiger partial charge in [-0.1, -0.05) is 0 Å². The smallest absolute Gasteiger partial charge is 0.263 e. The minimum Gasteiger partial charge on any atom is -0.368 e. The Morgan fingerprint density at radius 3 is 2.62 bits per heavy atom. The van der Waals surface area contributed by atoms with Crippen molar-refractivity contribution in [3.63, 3.8) is 0 Å². The third kappa shape index (κ3) is 4.13. The molecule has 11 heteroatoms. The number of nitrogens with zero attached hydrogens (tertiary/aromatic N) is 4. The Balaban J connectivity index is 1.38. The molecule has 1 spiro atoms. The van der Waals surface area contributed by atoms with Crippen molar-refractivity contribution < 1.29 is 17.2 Å². The van der Waals surface area contributed by atoms with Crippen LogP contribution in [-0.4, -0.2) is 74.3 Å². The molecule has 2 aromatic rings. The largest absolute Gasteiger partial charge is 0.368 e. The molecule has 1 aromatic carbocycles. The van der Waals surface area contributed by atoms with Gasteiger partial charge in [0, 0.05) is 61.3 Å². The second-order valence-corrected chi connectivity index (χ2v) is 11.3. The number of alkyl halides is 2. The molecule has 174 valence electrons. The molecule has 0 saturated carbocycles. The Hall–Kier alpha value is -2.11. The highest BCUT2D eigenvalue weighted by atomic mass is 32.2. The van der Waals surface area contributed by atoms with E-state index in [4.69, 9.17) is 4.98 Å². The Labute approximate surface area is 186 Å². The van der Waals surface area contributed by atoms with E-state index in [-0.39, 0.29) is 17.0 Å². The van der Waals surface area contributed by atoms with Gasteiger partial charge in [0.2, 0.25) is 16.0 Å². The number of piperidine rings is 1. The van der Waals surface area contributed by atoms with Gasteiger partial charge in [0.1, 0.15) is 0 Å². The van der Waals surface area contributed by atoms with Gasteiger partial charge in [-0.3, -0.25) is 0 Å². The number of rotatable bonds is 5. The fraction of sp³-hybridized carbons (Fsp3) is 0.619. The number of hydrogen-bond acceptors (Lipinski definition) is 7. The maximum Gasteiger partial charge on any atom is 0.263 e. The van der Waals surface area contributed by atoms with Crippen LogP contribution in [0.5, 0.6) is 0 Å². The molecule has 4 heterocycles. The van der Waals surface area contributed by atoms with Crippen LogP contribution < -0.4 is 15.5 Å². The van der Waals surface area contributed by atoms with E-state index in [1.165, 1.54) is 16.6 Å². The van der Waals surface area contributed by atoms with Gasteiger partial charge in [-0.2, -0.15) is 0 Å². The Bertz CT molecular complexity index is 1110. The van der Waals surface area contributed by atoms with Gasteiger partial charge in [0.05, 0.1) is 17.5 Å². The van der Waals surface area contributed by atoms with Crippen LogP contribution in [0.4, 0.5) is 20.4 Å². The first-order valence-corrected chi connectivity index (χ1v) is 12.8. The highest BCUT2D eigenvalue weighted by Gasteiger charge is 2.45. The predicted octanol–water partition coefficient (Wildman–Crippen LogP) is 2.20. The molecule has 3 aliphatic heterocycles. The van der Waals surface area contributed by atoms with Crippen molar-refractivity contribution in [2.75, 3.05) is 55.7 Å². The van der Waals surface area contributed by atoms with Crippen LogP contribution in [0.3, 0.4) is 0 Å². The SMILES string of the molecule is CS(=O)(=O)N1CCC(Nc2ncc3cc(C(F)F)cc(N4CC5(CCNC5)C4)c3n2)CC1. The zero-order chi connectivity index (χ0) is 22.5. The molecule has 3 saturated heterocycles. The summed E-state index contributed by atoms with van der Waals surface area (Å²) < 4.78 is 52.0. The van der Waals surface area contributed by atoms with Gasteiger partial charge in [0.15, 0.2) is 0 Å². The van der Waals surface area contributed by atoms with Gasteiger partial charge in [-0.15, -0.1) is 0 Å². The van der Waals surface area contributed by atoms with Crippen LogP contribution in [0.2, 0.25) is 0 Å². The van der Waals surface area contributed by atoms with E-state index in [2.05, 4.69) is 20.5 Å². The Morgan fingerprint density at radius 1 is 1.25 bits per heavy atom. The van der Waals surface area contributed by atoms with Crippen LogP contribution in [-0.2, 0) is 10.0 Å². The summed E-state index contributed by atoms with van der Waals surface area (Å²) in [6.45, 7) is 4.54. The molecule has 8 nitrogen and oxygen atoms in total. The molecular formula is C21H28F2N6O2S. The molecule has 0 aliphatic carbocycles. The first-order valence-electron chi connectivity index (χ1n) is 11.0. The fourth-order valence-corrected chi connectivity index (χ4v) is 5.97. The number of anilines is 2. The third-order valence-electron chi connectivity index (χ3n) is 6.92. The third-order valence-corrected chi connectivity index (χ3v) is 8.22. The quantitative estimate of drug-likeness (QED) is 0.698. The van der Waals surface area contributed by atoms with Crippen molar-refractivity contribution in [1.29, 1.82) is 0 Å². The number of sulfonamides is 1. The molecule has 0 unspecified atom stereocenters. The lowest BCUT2D eigenvalue weighted by molar-refractivity contribution is 0.151. The summed E-state index contributed by atoms with van der Waals surface area (Å²) in [5, 5.41) is 7.31. The van der Waals surface area contributed by atoms with E-state index >= 15 is 0 Å². The van der Waals surface area contributed by atoms with Crippen molar-refractivity contribution in [3.05, 3.63) is 23.9 Å². The monoisotopic (exact) mass is 466 g/mol. The summed E-state index contributed by atoms with van der Waals surface area (Å²) >= 11 is 0. The van der Waals surface area contributed by atoms with Gasteiger partial charge >= 0.3 is 0 Å². The molecule has 0 radical (unpaired) electrons. The van der Waals surface area contributed by atoms with E-state index in [1.807, 2.05) is 0 Å². The standard InChI is InChI=1S/C21H28F2N6O2S/c1-32(30,31)29-6-2-16(3-7-29)26-20-25-10-15-8-14(19(22)23)9-17(18(15)27-20)28-12-21(13-28)4-5-24-11-21/h8-10,16,19,24H,2-7,11-13H2,1H3,(H,25,26,27). The summed E-state index contributed by atoms with van der Waals surface area (Å²) in [7, 11) is -3.18. The summed E-state index contributed by atoms with van der Waals surface area (Å²) in [6.07, 6.45) is 2.69. The topological polar surface area (TPSA) is 90.5 Å². The number of nitrogens with one attached hydrogen (secondary N) is 2. The minimum atomic E-state index is -3.18. The fourth-order valence-electron chi connectivity index (χ4n) is 5.10. The van der Waals surface area contributed by atoms with Gasteiger partial charge in [-0.25, -0.2) is 31.5 Å². The molecule has 2 N–H and O–H groups in total. The molecule has 0 bridgehead atoms. The van der Waals surface area contributed by atoms with Crippen molar-refractivity contribution in [2.24, 2.45) is 5.41 Å². The van der Waals surface area contributed by atoms with Gasteiger partial charge in [0.25, 0.3) is 6.43 Å². The summed E-state index contributed by atoms with van der Waals surface area (Å²) in [6, 6.07) is 3.08. The maximum absolute atomic E-state index is 13.5. The Kier molecular flexibility index (Phi) is 5.45. The lowest BCUT2D eigenvalue weighted by Crippen LogP contribution is -2.57. The second kappa shape index (κ2) is 8.03. The maximum atomic E-state index is 13.5. The van der Waals surface area contributed by atoms with Gasteiger partial charge in [-0.05, 0) is 37.9 Å². The predicted molar refractivity (Wildman–Crippen MR) is 120 cm³/mol. The molecule has 5 rings (SSSR count). The normalized spacial score (nSPS) is 22.1. The van der Waals surface area contributed by atoms with E-state index in [0.717, 1.165) is 38.3 Å². The molecule has 1 aromatic heterocycles. The zero-order valence-corrected chi connectivity index (χ0v) is 18.8. The van der Waals surface area contributed by atoms with E-state index in [0.29, 0.717) is 42.8 Å². The average molecular weight is 467 g/mol. The highest BCUT2D eigenvalue weighted by Crippen LogP contribution is 2.42. The molecular weight excluding hydrogens is 438 g/mol. The highest BCUT2D eigenvalue weighted by molar-refractivity contribution is 7.88. The zero-order valence-electron chi connectivity index (χ0n) is 18.0. The molecule has 0 amide bonds. The molecule has 3 aliphatic rings. The van der Waals surface area contributed by atoms with Crippen molar-refractivity contribution >= 4 is 32.6 Å². The van der Waals surface area contributed by atoms with Crippen LogP contribution >= 0.6 is 0 Å². The molecule has 32 heavy (non-hydrogen) atoms. The number of halogens is 2. The van der Waals surface area contributed by atoms with Crippen molar-refractivity contribution in [2.45, 2.75) is 31.7 Å². The lowest BCUT2D eigenvalue weighted by atomic mass is 9.78. The number of benzene rings is 1. The average Bonchev–Trinajstić information content (AvgIpc) is 3.22. The van der Waals surface area contributed by atoms with E-state index < -0.39 is 16.4 Å². The summed E-state index contributed by atoms with van der Waals surface area (Å²) in [5.41, 5.74) is 1.61. The Morgan fingerprint density at radius 2 is 2.00 bits per heavy atom. The van der Waals surface area contributed by atoms with Crippen LogP contribution in [0.1, 0.15) is 31.3 Å². The number of fused-ring (bicyclic) bond motifs is 1. The number of aromatic nitrogens is 2. The second-order valence-electron chi connectivity index (χ2n) is 9.34. The van der Waals surface area contributed by atoms with Crippen molar-refractivity contribution in [3.8, 4) is 0 Å². The lowest BCUT2D eigenvalue weighted by Gasteiger charge is -2.49. The number of hydrogen-bond donors (Lipinski definition) is 2. The van der Waals surface area contributed by atoms with Crippen LogP contribution in [0.15, 0.2) is 18.3 Å². The van der Waals surface area contributed by atoms with Gasteiger partial charge < -0.3 is 15.5 Å². The van der Waals surface area contributed by atoms with Crippen LogP contribution in [0.25, 0.3) is 10.9 Å². The molecule has 0 atom stereocenters. The first-order chi connectivity index (χ1) is 15.2. The minimum absolute atomic E-state index is 0.0181. The summed E-state index contributed by atoms with van der Waals surface area (Å²) in [4.78, 5) is 11.2. The van der Waals surface area contributed by atoms with E-state index in [9.17, 15) is 17.2 Å². The van der Waals surface area contributed by atoms with Crippen LogP contribution in [0, 0.1) is 5.41 Å².